The van der Waals surface area contributed by atoms with Crippen molar-refractivity contribution >= 4 is 17.5 Å². The number of fused-ring (bicyclic) bond motifs is 7. The molecule has 0 bridgehead atoms. The lowest BCUT2D eigenvalue weighted by Gasteiger charge is -2.68. The van der Waals surface area contributed by atoms with Crippen LogP contribution in [0.4, 0.5) is 0 Å². The Hall–Kier alpha value is -2.26. The Kier molecular flexibility index (Phi) is 5.68. The number of hydrogen-bond acceptors (Lipinski definition) is 5. The van der Waals surface area contributed by atoms with Crippen molar-refractivity contribution in [2.24, 2.45) is 44.8 Å². The predicted molar refractivity (Wildman–Crippen MR) is 144 cm³/mol. The van der Waals surface area contributed by atoms with Crippen LogP contribution in [0.15, 0.2) is 23.3 Å². The van der Waals surface area contributed by atoms with E-state index in [0.717, 1.165) is 44.1 Å². The zero-order valence-electron chi connectivity index (χ0n) is 24.4. The van der Waals surface area contributed by atoms with Crippen LogP contribution in [0.5, 0.6) is 0 Å². The lowest BCUT2D eigenvalue weighted by Crippen LogP contribution is -2.67. The summed E-state index contributed by atoms with van der Waals surface area (Å²) in [6.45, 7) is 12.6. The number of ketones is 2. The largest absolute Gasteiger partial charge is 0.382 e. The summed E-state index contributed by atoms with van der Waals surface area (Å²) < 4.78 is 0. The number of carbonyl (C=O) groups is 3. The summed E-state index contributed by atoms with van der Waals surface area (Å²) in [5.74, 6) is -0.992. The first-order valence-corrected chi connectivity index (χ1v) is 14.3. The van der Waals surface area contributed by atoms with Crippen molar-refractivity contribution in [2.45, 2.75) is 92.1 Å². The number of aliphatic hydroxyl groups is 1. The van der Waals surface area contributed by atoms with E-state index in [0.29, 0.717) is 6.42 Å². The lowest BCUT2D eigenvalue weighted by atomic mass is 9.34. The van der Waals surface area contributed by atoms with Gasteiger partial charge in [-0.2, -0.15) is 5.26 Å². The second-order valence-corrected chi connectivity index (χ2v) is 15.0. The van der Waals surface area contributed by atoms with Gasteiger partial charge in [-0.15, -0.1) is 0 Å². The molecule has 0 aromatic carbocycles. The van der Waals surface area contributed by atoms with Crippen LogP contribution in [0.2, 0.25) is 0 Å². The minimum atomic E-state index is -1.66. The van der Waals surface area contributed by atoms with Crippen molar-refractivity contribution in [1.29, 1.82) is 5.26 Å². The lowest BCUT2D eigenvalue weighted by molar-refractivity contribution is -0.184. The van der Waals surface area contributed by atoms with Gasteiger partial charge in [0.1, 0.15) is 11.7 Å². The molecule has 8 atom stereocenters. The summed E-state index contributed by atoms with van der Waals surface area (Å²) in [6, 6.07) is 2.02. The quantitative estimate of drug-likeness (QED) is 0.524. The van der Waals surface area contributed by atoms with Gasteiger partial charge in [0.25, 0.3) is 0 Å². The van der Waals surface area contributed by atoms with Crippen molar-refractivity contribution in [1.82, 2.24) is 4.90 Å². The standard InChI is InChI=1S/C32H44N2O4/c1-27(2)11-13-32(26(37)34(7)8)14-12-30(5)24(20(32)17-27)21(35)15-23-28(3)16-19(18-33)25(36)31(6,38)22(28)9-10-29(23,30)4/h15-16,20,22,24,38H,9-14,17H2,1-8H3/t20-,22?,24-,28-,29+,30+,31-,32-/m0/s1. The Morgan fingerprint density at radius 2 is 1.66 bits per heavy atom. The molecule has 206 valence electrons. The molecular weight excluding hydrogens is 476 g/mol. The number of amides is 1. The van der Waals surface area contributed by atoms with E-state index in [-0.39, 0.29) is 45.3 Å². The van der Waals surface area contributed by atoms with Crippen LogP contribution >= 0.6 is 0 Å². The van der Waals surface area contributed by atoms with Crippen LogP contribution < -0.4 is 0 Å². The highest BCUT2D eigenvalue weighted by Gasteiger charge is 2.71. The zero-order chi connectivity index (χ0) is 28.3. The van der Waals surface area contributed by atoms with Crippen molar-refractivity contribution in [3.8, 4) is 6.07 Å². The smallest absolute Gasteiger partial charge is 0.228 e. The minimum Gasteiger partial charge on any atom is -0.382 e. The number of nitrogens with zero attached hydrogens (tertiary/aromatic N) is 2. The Balaban J connectivity index is 1.71. The Morgan fingerprint density at radius 1 is 1.03 bits per heavy atom. The first-order chi connectivity index (χ1) is 17.4. The summed E-state index contributed by atoms with van der Waals surface area (Å²) in [6.07, 6.45) is 9.12. The number of allylic oxidation sites excluding steroid dienone is 3. The van der Waals surface area contributed by atoms with Crippen molar-refractivity contribution in [3.63, 3.8) is 0 Å². The van der Waals surface area contributed by atoms with Crippen molar-refractivity contribution in [2.75, 3.05) is 14.1 Å². The molecule has 1 unspecified atom stereocenters. The fourth-order valence-electron chi connectivity index (χ4n) is 10.1. The van der Waals surface area contributed by atoms with Gasteiger partial charge in [-0.3, -0.25) is 14.4 Å². The Bertz CT molecular complexity index is 1230. The third kappa shape index (κ3) is 3.17. The molecule has 0 radical (unpaired) electrons. The van der Waals surface area contributed by atoms with E-state index in [9.17, 15) is 24.8 Å². The highest BCUT2D eigenvalue weighted by molar-refractivity contribution is 6.06. The van der Waals surface area contributed by atoms with Gasteiger partial charge in [0, 0.05) is 31.3 Å². The molecule has 6 nitrogen and oxygen atoms in total. The summed E-state index contributed by atoms with van der Waals surface area (Å²) in [5, 5.41) is 21.2. The predicted octanol–water partition coefficient (Wildman–Crippen LogP) is 5.02. The fourth-order valence-corrected chi connectivity index (χ4v) is 10.1. The molecule has 5 rings (SSSR count). The third-order valence-electron chi connectivity index (χ3n) is 12.4. The number of rotatable bonds is 1. The van der Waals surface area contributed by atoms with E-state index in [1.165, 1.54) is 6.92 Å². The van der Waals surface area contributed by atoms with Crippen LogP contribution in [0, 0.1) is 56.2 Å². The normalized spacial score (nSPS) is 47.3. The second kappa shape index (κ2) is 7.90. The molecule has 1 N–H and O–H groups in total. The van der Waals surface area contributed by atoms with E-state index in [2.05, 4.69) is 27.7 Å². The monoisotopic (exact) mass is 520 g/mol. The third-order valence-corrected chi connectivity index (χ3v) is 12.4. The molecule has 1 amide bonds. The number of Topliss-reactive ketones (excluding diaryl/α,β-unsaturated/α-hetero) is 1. The minimum absolute atomic E-state index is 0.0214. The van der Waals surface area contributed by atoms with E-state index in [1.54, 1.807) is 11.0 Å². The molecule has 3 saturated carbocycles. The number of nitriles is 1. The molecule has 0 spiro atoms. The topological polar surface area (TPSA) is 98.5 Å². The van der Waals surface area contributed by atoms with Crippen molar-refractivity contribution < 1.29 is 19.5 Å². The fraction of sp³-hybridized carbons (Fsp3) is 0.750. The van der Waals surface area contributed by atoms with Crippen LogP contribution in [-0.2, 0) is 14.4 Å². The van der Waals surface area contributed by atoms with Gasteiger partial charge >= 0.3 is 0 Å². The Labute approximate surface area is 227 Å². The molecule has 0 aliphatic heterocycles. The van der Waals surface area contributed by atoms with Gasteiger partial charge < -0.3 is 10.0 Å². The molecule has 0 heterocycles. The zero-order valence-corrected chi connectivity index (χ0v) is 24.4. The molecule has 0 aromatic heterocycles. The average molecular weight is 521 g/mol. The molecule has 38 heavy (non-hydrogen) atoms. The number of carbonyl (C=O) groups excluding carboxylic acids is 3. The average Bonchev–Trinajstić information content (AvgIpc) is 2.82. The number of hydrogen-bond donors (Lipinski definition) is 1. The van der Waals surface area contributed by atoms with Gasteiger partial charge in [-0.25, -0.2) is 0 Å². The summed E-state index contributed by atoms with van der Waals surface area (Å²) >= 11 is 0. The molecule has 3 fully saturated rings. The maximum atomic E-state index is 14.4. The maximum Gasteiger partial charge on any atom is 0.228 e. The second-order valence-electron chi connectivity index (χ2n) is 15.0. The molecule has 6 heteroatoms. The first kappa shape index (κ1) is 27.3. The van der Waals surface area contributed by atoms with Crippen LogP contribution in [-0.4, -0.2) is 47.2 Å². The van der Waals surface area contributed by atoms with Crippen LogP contribution in [0.1, 0.15) is 86.5 Å². The molecule has 0 saturated heterocycles. The van der Waals surface area contributed by atoms with E-state index in [4.69, 9.17) is 0 Å². The molecular formula is C32H44N2O4. The summed E-state index contributed by atoms with van der Waals surface area (Å²) in [7, 11) is 3.67. The maximum absolute atomic E-state index is 14.4. The van der Waals surface area contributed by atoms with Crippen LogP contribution in [0.3, 0.4) is 0 Å². The molecule has 0 aromatic rings. The van der Waals surface area contributed by atoms with Gasteiger partial charge in [-0.1, -0.05) is 46.3 Å². The van der Waals surface area contributed by atoms with Gasteiger partial charge in [0.2, 0.25) is 11.7 Å². The van der Waals surface area contributed by atoms with E-state index < -0.39 is 28.1 Å². The van der Waals surface area contributed by atoms with E-state index >= 15 is 0 Å². The summed E-state index contributed by atoms with van der Waals surface area (Å²) in [5.41, 5.74) is -2.70. The van der Waals surface area contributed by atoms with Gasteiger partial charge in [-0.05, 0) is 80.1 Å². The SMILES string of the molecule is CN(C)C(=O)[C@]12CCC(C)(C)C[C@H]1[C@H]1C(=O)C=C3[C@@]4(C)C=C(C#N)C(=O)[C@@](C)(O)C4CC[C@@]3(C)[C@]1(C)CC2. The first-order valence-electron chi connectivity index (χ1n) is 14.3. The van der Waals surface area contributed by atoms with Crippen molar-refractivity contribution in [3.05, 3.63) is 23.3 Å². The highest BCUT2D eigenvalue weighted by Crippen LogP contribution is 2.74. The van der Waals surface area contributed by atoms with E-state index in [1.807, 2.05) is 33.2 Å². The Morgan fingerprint density at radius 3 is 2.26 bits per heavy atom. The molecule has 5 aliphatic carbocycles. The highest BCUT2D eigenvalue weighted by atomic mass is 16.3. The molecule has 5 aliphatic rings. The summed E-state index contributed by atoms with van der Waals surface area (Å²) in [4.78, 5) is 42.9. The van der Waals surface area contributed by atoms with Gasteiger partial charge in [0.15, 0.2) is 5.78 Å². The van der Waals surface area contributed by atoms with Gasteiger partial charge in [0.05, 0.1) is 11.0 Å². The van der Waals surface area contributed by atoms with Crippen LogP contribution in [0.25, 0.3) is 0 Å².